The van der Waals surface area contributed by atoms with Gasteiger partial charge in [0.25, 0.3) is 0 Å². The lowest BCUT2D eigenvalue weighted by Gasteiger charge is -2.12. The lowest BCUT2D eigenvalue weighted by atomic mass is 10.3. The van der Waals surface area contributed by atoms with Crippen LogP contribution in [0.1, 0.15) is 6.92 Å². The van der Waals surface area contributed by atoms with E-state index in [-0.39, 0.29) is 12.6 Å². The van der Waals surface area contributed by atoms with Gasteiger partial charge in [0.2, 0.25) is 0 Å². The molecule has 0 aliphatic carbocycles. The normalized spacial score (nSPS) is 14.1. The first-order valence-corrected chi connectivity index (χ1v) is 7.84. The van der Waals surface area contributed by atoms with Crippen molar-refractivity contribution in [2.75, 3.05) is 6.61 Å². The van der Waals surface area contributed by atoms with Crippen molar-refractivity contribution in [2.24, 2.45) is 0 Å². The number of aromatic nitrogens is 3. The first-order chi connectivity index (χ1) is 8.61. The summed E-state index contributed by atoms with van der Waals surface area (Å²) in [5, 5.41) is 4.05. The summed E-state index contributed by atoms with van der Waals surface area (Å²) >= 11 is 4.78. The van der Waals surface area contributed by atoms with Gasteiger partial charge in [0, 0.05) is 11.8 Å². The fourth-order valence-electron chi connectivity index (χ4n) is 1.29. The maximum Gasteiger partial charge on any atom is 0.380 e. The van der Waals surface area contributed by atoms with Crippen molar-refractivity contribution >= 4 is 18.5 Å². The topological polar surface area (TPSA) is 69.4 Å². The average Bonchev–Trinajstić information content (AvgIpc) is 2.77. The number of nitrogens with zero attached hydrogens (tertiary/aromatic N) is 3. The predicted octanol–water partition coefficient (Wildman–Crippen LogP) is 1.90. The van der Waals surface area contributed by atoms with Gasteiger partial charge in [0.15, 0.2) is 0 Å². The third kappa shape index (κ3) is 3.36. The van der Waals surface area contributed by atoms with Crippen LogP contribution < -0.4 is 4.52 Å². The summed E-state index contributed by atoms with van der Waals surface area (Å²) in [7, 11) is 0. The smallest absolute Gasteiger partial charge is 0.380 e. The third-order valence-corrected chi connectivity index (χ3v) is 3.50. The predicted molar refractivity (Wildman–Crippen MR) is 70.1 cm³/mol. The van der Waals surface area contributed by atoms with Gasteiger partial charge < -0.3 is 9.42 Å². The Balaban J connectivity index is 2.14. The molecule has 0 spiro atoms. The van der Waals surface area contributed by atoms with Crippen molar-refractivity contribution in [3.63, 3.8) is 0 Å². The fraction of sp³-hybridized carbons (Fsp3) is 0.200. The van der Waals surface area contributed by atoms with Crippen molar-refractivity contribution in [3.05, 3.63) is 36.7 Å². The molecule has 18 heavy (non-hydrogen) atoms. The monoisotopic (exact) mass is 285 g/mol. The Hall–Kier alpha value is -1.27. The van der Waals surface area contributed by atoms with Crippen LogP contribution in [0.25, 0.3) is 5.69 Å². The first-order valence-electron chi connectivity index (χ1n) is 5.25. The molecule has 0 aliphatic heterocycles. The molecule has 0 bridgehead atoms. The van der Waals surface area contributed by atoms with Crippen LogP contribution in [0.2, 0.25) is 0 Å². The van der Waals surface area contributed by atoms with Crippen LogP contribution in [0.15, 0.2) is 36.7 Å². The number of hydrogen-bond acceptors (Lipinski definition) is 5. The maximum atomic E-state index is 9.64. The van der Waals surface area contributed by atoms with E-state index in [2.05, 4.69) is 10.1 Å². The summed E-state index contributed by atoms with van der Waals surface area (Å²) in [6, 6.07) is 9.41. The zero-order valence-corrected chi connectivity index (χ0v) is 11.3. The summed E-state index contributed by atoms with van der Waals surface area (Å²) in [5.41, 5.74) is 0.836. The average molecular weight is 285 g/mol. The van der Waals surface area contributed by atoms with Crippen LogP contribution in [-0.4, -0.2) is 26.3 Å². The molecule has 1 N–H and O–H groups in total. The number of rotatable bonds is 5. The van der Waals surface area contributed by atoms with Gasteiger partial charge in [-0.05, 0) is 19.1 Å². The van der Waals surface area contributed by atoms with E-state index < -0.39 is 6.72 Å². The standard InChI is InChI=1S/C10H12N3O3PS/c1-2-15-17(14,18)16-10-11-8-13(12-10)9-6-4-3-5-7-9/h3-8H,2H2,1H3,(H,14,18). The largest absolute Gasteiger partial charge is 0.388 e. The Morgan fingerprint density at radius 3 is 2.78 bits per heavy atom. The van der Waals surface area contributed by atoms with Crippen LogP contribution in [0.3, 0.4) is 0 Å². The van der Waals surface area contributed by atoms with E-state index in [9.17, 15) is 4.89 Å². The Bertz CT molecular complexity index is 561. The molecule has 1 aromatic carbocycles. The first kappa shape index (κ1) is 13.2. The second kappa shape index (κ2) is 5.58. The molecular weight excluding hydrogens is 273 g/mol. The third-order valence-electron chi connectivity index (χ3n) is 1.98. The van der Waals surface area contributed by atoms with Crippen molar-refractivity contribution in [3.8, 4) is 11.7 Å². The van der Waals surface area contributed by atoms with Gasteiger partial charge in [-0.2, -0.15) is 4.98 Å². The molecule has 0 saturated carbocycles. The molecule has 0 amide bonds. The molecule has 96 valence electrons. The van der Waals surface area contributed by atoms with Gasteiger partial charge in [0.1, 0.15) is 6.33 Å². The summed E-state index contributed by atoms with van der Waals surface area (Å²) < 4.78 is 11.5. The van der Waals surface area contributed by atoms with Gasteiger partial charge in [-0.15, -0.1) is 5.10 Å². The molecule has 0 fully saturated rings. The van der Waals surface area contributed by atoms with Crippen LogP contribution in [0.5, 0.6) is 6.01 Å². The Morgan fingerprint density at radius 1 is 1.39 bits per heavy atom. The minimum absolute atomic E-state index is 0.00173. The highest BCUT2D eigenvalue weighted by Crippen LogP contribution is 2.42. The van der Waals surface area contributed by atoms with E-state index >= 15 is 0 Å². The van der Waals surface area contributed by atoms with Gasteiger partial charge in [-0.25, -0.2) is 4.68 Å². The van der Waals surface area contributed by atoms with E-state index in [4.69, 9.17) is 20.9 Å². The molecule has 8 heteroatoms. The zero-order chi connectivity index (χ0) is 13.0. The molecule has 1 unspecified atom stereocenters. The Labute approximate surface area is 109 Å². The van der Waals surface area contributed by atoms with Crippen LogP contribution in [0.4, 0.5) is 0 Å². The van der Waals surface area contributed by atoms with Gasteiger partial charge >= 0.3 is 12.7 Å². The van der Waals surface area contributed by atoms with Crippen LogP contribution in [-0.2, 0) is 16.3 Å². The molecule has 0 radical (unpaired) electrons. The molecular formula is C10H12N3O3PS. The molecule has 6 nitrogen and oxygen atoms in total. The van der Waals surface area contributed by atoms with Crippen LogP contribution in [0, 0.1) is 0 Å². The van der Waals surface area contributed by atoms with Gasteiger partial charge in [0.05, 0.1) is 12.3 Å². The van der Waals surface area contributed by atoms with E-state index in [1.807, 2.05) is 30.3 Å². The van der Waals surface area contributed by atoms with Crippen LogP contribution >= 0.6 is 6.72 Å². The number of benzene rings is 1. The maximum absolute atomic E-state index is 9.64. The fourth-order valence-corrected chi connectivity index (χ4v) is 2.47. The highest BCUT2D eigenvalue weighted by molar-refractivity contribution is 8.07. The van der Waals surface area contributed by atoms with Crippen molar-refractivity contribution < 1.29 is 13.9 Å². The lowest BCUT2D eigenvalue weighted by Crippen LogP contribution is -1.99. The SMILES string of the molecule is CCOP(O)(=S)Oc1ncn(-c2ccccc2)n1. The van der Waals surface area contributed by atoms with Gasteiger partial charge in [-0.1, -0.05) is 18.2 Å². The molecule has 2 aromatic rings. The highest BCUT2D eigenvalue weighted by Gasteiger charge is 2.18. The van der Waals surface area contributed by atoms with E-state index in [0.29, 0.717) is 0 Å². The lowest BCUT2D eigenvalue weighted by molar-refractivity contribution is 0.265. The van der Waals surface area contributed by atoms with E-state index in [1.54, 1.807) is 6.92 Å². The summed E-state index contributed by atoms with van der Waals surface area (Å²) in [5.74, 6) is 0. The minimum atomic E-state index is -3.30. The van der Waals surface area contributed by atoms with Crippen molar-refractivity contribution in [1.29, 1.82) is 0 Å². The van der Waals surface area contributed by atoms with Gasteiger partial charge in [-0.3, -0.25) is 4.52 Å². The Morgan fingerprint density at radius 2 is 2.11 bits per heavy atom. The molecule has 0 aliphatic rings. The summed E-state index contributed by atoms with van der Waals surface area (Å²) in [6.45, 7) is -1.31. The molecule has 1 heterocycles. The second-order valence-electron chi connectivity index (χ2n) is 3.28. The van der Waals surface area contributed by atoms with E-state index in [1.165, 1.54) is 11.0 Å². The molecule has 1 aromatic heterocycles. The minimum Gasteiger partial charge on any atom is -0.388 e. The Kier molecular flexibility index (Phi) is 4.08. The molecule has 0 saturated heterocycles. The quantitative estimate of drug-likeness (QED) is 0.846. The van der Waals surface area contributed by atoms with Crippen molar-refractivity contribution in [1.82, 2.24) is 14.8 Å². The van der Waals surface area contributed by atoms with Crippen molar-refractivity contribution in [2.45, 2.75) is 6.92 Å². The second-order valence-corrected chi connectivity index (χ2v) is 6.05. The number of para-hydroxylation sites is 1. The summed E-state index contributed by atoms with van der Waals surface area (Å²) in [6.07, 6.45) is 1.48. The highest BCUT2D eigenvalue weighted by atomic mass is 32.5. The molecule has 1 atom stereocenters. The zero-order valence-electron chi connectivity index (χ0n) is 9.63. The summed E-state index contributed by atoms with van der Waals surface area (Å²) in [4.78, 5) is 13.6. The number of hydrogen-bond donors (Lipinski definition) is 1. The van der Waals surface area contributed by atoms with E-state index in [0.717, 1.165) is 5.69 Å². The molecule has 2 rings (SSSR count).